The van der Waals surface area contributed by atoms with Gasteiger partial charge >= 0.3 is 5.97 Å². The van der Waals surface area contributed by atoms with Crippen LogP contribution in [0.1, 0.15) is 341 Å². The molecule has 6 heteroatoms. The van der Waals surface area contributed by atoms with E-state index in [1.165, 1.54) is 250 Å². The van der Waals surface area contributed by atoms with Crippen LogP contribution >= 0.6 is 0 Å². The van der Waals surface area contributed by atoms with Crippen molar-refractivity contribution < 1.29 is 24.5 Å². The highest BCUT2D eigenvalue weighted by atomic mass is 16.5. The van der Waals surface area contributed by atoms with Crippen LogP contribution in [-0.2, 0) is 14.3 Å². The van der Waals surface area contributed by atoms with Gasteiger partial charge in [0, 0.05) is 12.8 Å². The molecular weight excluding hydrogens is 851 g/mol. The molecule has 1 amide bonds. The SMILES string of the molecule is CCCCCCCCCCCCCCCCCCCCCCCCCCCC(O)C(CO)NC(=O)CC/C=C\C/C=C\CCCCCCCCOC(=O)CCCCCCCCCCCCCCCC. The second kappa shape index (κ2) is 58.9. The average molecular weight is 973 g/mol. The van der Waals surface area contributed by atoms with E-state index in [0.29, 0.717) is 32.3 Å². The van der Waals surface area contributed by atoms with Gasteiger partial charge in [-0.15, -0.1) is 0 Å². The standard InChI is InChI=1S/C63H121NO5/c1-3-5-7-9-11-13-15-17-19-20-21-22-23-24-25-26-27-28-29-31-35-39-43-47-51-55-61(66)60(59-65)64-62(67)56-52-48-44-40-36-32-30-34-38-42-46-50-54-58-69-63(68)57-53-49-45-41-37-33-18-16-14-12-10-8-6-4-2/h32,36,44,48,60-61,65-66H,3-31,33-35,37-43,45-47,49-59H2,1-2H3,(H,64,67)/b36-32-,48-44-. The Labute approximate surface area is 431 Å². The molecule has 0 aliphatic carbocycles. The van der Waals surface area contributed by atoms with E-state index in [1.54, 1.807) is 0 Å². The number of aliphatic hydroxyl groups is 2. The van der Waals surface area contributed by atoms with Crippen LogP contribution in [0, 0.1) is 0 Å². The van der Waals surface area contributed by atoms with Crippen LogP contribution in [-0.4, -0.2) is 47.4 Å². The number of carbonyl (C=O) groups is 2. The van der Waals surface area contributed by atoms with Crippen molar-refractivity contribution in [2.45, 2.75) is 353 Å². The summed E-state index contributed by atoms with van der Waals surface area (Å²) in [4.78, 5) is 24.5. The zero-order valence-corrected chi connectivity index (χ0v) is 46.6. The zero-order valence-electron chi connectivity index (χ0n) is 46.6. The molecule has 3 N–H and O–H groups in total. The number of hydrogen-bond acceptors (Lipinski definition) is 5. The van der Waals surface area contributed by atoms with E-state index in [1.807, 2.05) is 6.08 Å². The van der Waals surface area contributed by atoms with Gasteiger partial charge in [-0.05, 0) is 44.9 Å². The number of carbonyl (C=O) groups excluding carboxylic acids is 2. The second-order valence-electron chi connectivity index (χ2n) is 21.4. The highest BCUT2D eigenvalue weighted by molar-refractivity contribution is 5.76. The Balaban J connectivity index is 3.51. The lowest BCUT2D eigenvalue weighted by Gasteiger charge is -2.22. The average Bonchev–Trinajstić information content (AvgIpc) is 3.35. The molecule has 0 saturated carbocycles. The minimum atomic E-state index is -0.700. The molecule has 0 aromatic rings. The van der Waals surface area contributed by atoms with E-state index in [9.17, 15) is 19.8 Å². The van der Waals surface area contributed by atoms with E-state index >= 15 is 0 Å². The summed E-state index contributed by atoms with van der Waals surface area (Å²) in [6, 6.07) is -0.586. The van der Waals surface area contributed by atoms with Crippen molar-refractivity contribution in [2.75, 3.05) is 13.2 Å². The van der Waals surface area contributed by atoms with E-state index in [2.05, 4.69) is 37.4 Å². The Bertz CT molecular complexity index is 1080. The number of allylic oxidation sites excluding steroid dienone is 4. The molecule has 0 aliphatic rings. The first-order chi connectivity index (χ1) is 34.0. The molecule has 0 heterocycles. The molecule has 2 atom stereocenters. The summed E-state index contributed by atoms with van der Waals surface area (Å²) >= 11 is 0. The van der Waals surface area contributed by atoms with Crippen molar-refractivity contribution in [3.63, 3.8) is 0 Å². The molecule has 2 unspecified atom stereocenters. The highest BCUT2D eigenvalue weighted by Crippen LogP contribution is 2.18. The Morgan fingerprint density at radius 1 is 0.406 bits per heavy atom. The summed E-state index contributed by atoms with van der Waals surface area (Å²) in [6.45, 7) is 4.92. The van der Waals surface area contributed by atoms with Crippen molar-refractivity contribution in [3.8, 4) is 0 Å². The van der Waals surface area contributed by atoms with E-state index in [4.69, 9.17) is 4.74 Å². The fraction of sp³-hybridized carbons (Fsp3) is 0.905. The van der Waals surface area contributed by atoms with Crippen LogP contribution in [0.25, 0.3) is 0 Å². The third-order valence-corrected chi connectivity index (χ3v) is 14.5. The first-order valence-electron chi connectivity index (χ1n) is 31.1. The number of nitrogens with one attached hydrogen (secondary N) is 1. The molecule has 0 bridgehead atoms. The molecule has 6 nitrogen and oxygen atoms in total. The number of amides is 1. The fourth-order valence-electron chi connectivity index (χ4n) is 9.75. The van der Waals surface area contributed by atoms with Crippen LogP contribution < -0.4 is 5.32 Å². The number of rotatable bonds is 58. The molecular formula is C63H121NO5. The monoisotopic (exact) mass is 972 g/mol. The Hall–Kier alpha value is -1.66. The Morgan fingerprint density at radius 2 is 0.739 bits per heavy atom. The fourth-order valence-corrected chi connectivity index (χ4v) is 9.75. The minimum Gasteiger partial charge on any atom is -0.466 e. The number of aliphatic hydroxyl groups excluding tert-OH is 2. The van der Waals surface area contributed by atoms with Crippen LogP contribution in [0.5, 0.6) is 0 Å². The zero-order chi connectivity index (χ0) is 50.0. The predicted molar refractivity (Wildman–Crippen MR) is 301 cm³/mol. The summed E-state index contributed by atoms with van der Waals surface area (Å²) in [5.74, 6) is -0.125. The summed E-state index contributed by atoms with van der Waals surface area (Å²) in [6.07, 6.45) is 72.0. The third kappa shape index (κ3) is 55.5. The van der Waals surface area contributed by atoms with Crippen molar-refractivity contribution in [2.24, 2.45) is 0 Å². The molecule has 0 aromatic heterocycles. The Morgan fingerprint density at radius 3 is 1.13 bits per heavy atom. The highest BCUT2D eigenvalue weighted by Gasteiger charge is 2.20. The van der Waals surface area contributed by atoms with Crippen LogP contribution in [0.15, 0.2) is 24.3 Å². The maximum atomic E-state index is 12.5. The number of unbranched alkanes of at least 4 members (excludes halogenated alkanes) is 43. The maximum absolute atomic E-state index is 12.5. The van der Waals surface area contributed by atoms with E-state index < -0.39 is 12.1 Å². The predicted octanol–water partition coefficient (Wildman–Crippen LogP) is 19.4. The summed E-state index contributed by atoms with van der Waals surface area (Å²) in [7, 11) is 0. The topological polar surface area (TPSA) is 95.9 Å². The van der Waals surface area contributed by atoms with Gasteiger partial charge in [0.15, 0.2) is 0 Å². The molecule has 0 aromatic carbocycles. The van der Waals surface area contributed by atoms with Crippen molar-refractivity contribution in [3.05, 3.63) is 24.3 Å². The van der Waals surface area contributed by atoms with Crippen molar-refractivity contribution >= 4 is 11.9 Å². The normalized spacial score (nSPS) is 12.7. The molecule has 69 heavy (non-hydrogen) atoms. The van der Waals surface area contributed by atoms with Crippen molar-refractivity contribution in [1.29, 1.82) is 0 Å². The van der Waals surface area contributed by atoms with Gasteiger partial charge in [-0.2, -0.15) is 0 Å². The molecule has 0 radical (unpaired) electrons. The molecule has 0 spiro atoms. The van der Waals surface area contributed by atoms with Crippen LogP contribution in [0.3, 0.4) is 0 Å². The van der Waals surface area contributed by atoms with Gasteiger partial charge in [0.05, 0.1) is 25.4 Å². The molecule has 0 saturated heterocycles. The molecule has 408 valence electrons. The van der Waals surface area contributed by atoms with Gasteiger partial charge in [-0.3, -0.25) is 9.59 Å². The number of ether oxygens (including phenoxy) is 1. The van der Waals surface area contributed by atoms with Gasteiger partial charge in [0.1, 0.15) is 0 Å². The Kier molecular flexibility index (Phi) is 57.5. The maximum Gasteiger partial charge on any atom is 0.305 e. The summed E-state index contributed by atoms with van der Waals surface area (Å²) in [5, 5.41) is 23.3. The summed E-state index contributed by atoms with van der Waals surface area (Å²) < 4.78 is 5.46. The lowest BCUT2D eigenvalue weighted by molar-refractivity contribution is -0.143. The molecule has 0 aliphatic heterocycles. The van der Waals surface area contributed by atoms with Crippen LogP contribution in [0.2, 0.25) is 0 Å². The van der Waals surface area contributed by atoms with Crippen LogP contribution in [0.4, 0.5) is 0 Å². The number of esters is 1. The smallest absolute Gasteiger partial charge is 0.305 e. The molecule has 0 fully saturated rings. The number of hydrogen-bond donors (Lipinski definition) is 3. The van der Waals surface area contributed by atoms with Gasteiger partial charge in [-0.25, -0.2) is 0 Å². The third-order valence-electron chi connectivity index (χ3n) is 14.5. The van der Waals surface area contributed by atoms with Gasteiger partial charge in [-0.1, -0.05) is 308 Å². The summed E-state index contributed by atoms with van der Waals surface area (Å²) in [5.41, 5.74) is 0. The molecule has 0 rings (SSSR count). The van der Waals surface area contributed by atoms with Crippen molar-refractivity contribution in [1.82, 2.24) is 5.32 Å². The minimum absolute atomic E-state index is 0.0138. The second-order valence-corrected chi connectivity index (χ2v) is 21.4. The van der Waals surface area contributed by atoms with Gasteiger partial charge < -0.3 is 20.3 Å². The van der Waals surface area contributed by atoms with Gasteiger partial charge in [0.2, 0.25) is 5.91 Å². The van der Waals surface area contributed by atoms with Gasteiger partial charge in [0.25, 0.3) is 0 Å². The van der Waals surface area contributed by atoms with E-state index in [0.717, 1.165) is 51.4 Å². The first kappa shape index (κ1) is 67.3. The largest absolute Gasteiger partial charge is 0.466 e. The first-order valence-corrected chi connectivity index (χ1v) is 31.1. The lowest BCUT2D eigenvalue weighted by Crippen LogP contribution is -2.45. The lowest BCUT2D eigenvalue weighted by atomic mass is 10.0. The van der Waals surface area contributed by atoms with E-state index in [-0.39, 0.29) is 18.5 Å². The quantitative estimate of drug-likeness (QED) is 0.0321.